The molecule has 4 heteroatoms. The van der Waals surface area contributed by atoms with Gasteiger partial charge in [-0.25, -0.2) is 0 Å². The molecule has 0 aromatic heterocycles. The van der Waals surface area contributed by atoms with E-state index in [0.717, 1.165) is 0 Å². The fourth-order valence-electron chi connectivity index (χ4n) is 1.92. The van der Waals surface area contributed by atoms with Gasteiger partial charge in [-0.05, 0) is 13.8 Å². The van der Waals surface area contributed by atoms with Crippen LogP contribution in [0.25, 0.3) is 0 Å². The molecule has 84 valence electrons. The first-order valence-electron chi connectivity index (χ1n) is 5.03. The van der Waals surface area contributed by atoms with E-state index in [1.807, 2.05) is 13.8 Å². The summed E-state index contributed by atoms with van der Waals surface area (Å²) < 4.78 is 21.7. The van der Waals surface area contributed by atoms with Crippen LogP contribution in [-0.2, 0) is 18.9 Å². The molecule has 0 saturated carbocycles. The number of hydrogen-bond donors (Lipinski definition) is 0. The van der Waals surface area contributed by atoms with Crippen LogP contribution in [0.1, 0.15) is 13.8 Å². The van der Waals surface area contributed by atoms with E-state index in [1.165, 1.54) is 0 Å². The Morgan fingerprint density at radius 2 is 1.93 bits per heavy atom. The van der Waals surface area contributed by atoms with Gasteiger partial charge >= 0.3 is 0 Å². The lowest BCUT2D eigenvalue weighted by Gasteiger charge is -2.21. The second-order valence-electron chi connectivity index (χ2n) is 3.46. The third-order valence-corrected chi connectivity index (χ3v) is 2.50. The summed E-state index contributed by atoms with van der Waals surface area (Å²) in [6.45, 7) is 5.20. The van der Waals surface area contributed by atoms with E-state index in [1.54, 1.807) is 14.2 Å². The molecule has 0 amide bonds. The SMILES string of the molecule is CCO[C@@H]1[C@H](OC)[C@@H](COC)O[C@H]1C. The smallest absolute Gasteiger partial charge is 0.114 e. The Balaban J connectivity index is 2.57. The van der Waals surface area contributed by atoms with Crippen molar-refractivity contribution in [1.82, 2.24) is 0 Å². The maximum Gasteiger partial charge on any atom is 0.114 e. The lowest BCUT2D eigenvalue weighted by molar-refractivity contribution is -0.0535. The highest BCUT2D eigenvalue weighted by Gasteiger charge is 2.43. The van der Waals surface area contributed by atoms with E-state index < -0.39 is 0 Å². The zero-order valence-corrected chi connectivity index (χ0v) is 9.36. The minimum absolute atomic E-state index is 0.0171. The number of hydrogen-bond acceptors (Lipinski definition) is 4. The van der Waals surface area contributed by atoms with Crippen molar-refractivity contribution in [2.75, 3.05) is 27.4 Å². The third kappa shape index (κ3) is 2.45. The van der Waals surface area contributed by atoms with Crippen molar-refractivity contribution in [3.05, 3.63) is 0 Å². The molecule has 0 aliphatic carbocycles. The Morgan fingerprint density at radius 1 is 1.21 bits per heavy atom. The maximum absolute atomic E-state index is 5.70. The first kappa shape index (κ1) is 11.9. The third-order valence-electron chi connectivity index (χ3n) is 2.50. The van der Waals surface area contributed by atoms with Crippen molar-refractivity contribution in [2.24, 2.45) is 0 Å². The molecule has 14 heavy (non-hydrogen) atoms. The van der Waals surface area contributed by atoms with Gasteiger partial charge in [-0.1, -0.05) is 0 Å². The molecule has 0 radical (unpaired) electrons. The Kier molecular flexibility index (Phi) is 4.81. The Bertz CT molecular complexity index is 162. The summed E-state index contributed by atoms with van der Waals surface area (Å²) in [5.74, 6) is 0. The summed E-state index contributed by atoms with van der Waals surface area (Å²) in [5, 5.41) is 0. The van der Waals surface area contributed by atoms with Gasteiger partial charge < -0.3 is 18.9 Å². The molecule has 0 aromatic carbocycles. The van der Waals surface area contributed by atoms with E-state index >= 15 is 0 Å². The molecule has 0 bridgehead atoms. The highest BCUT2D eigenvalue weighted by atomic mass is 16.6. The molecule has 1 heterocycles. The van der Waals surface area contributed by atoms with Crippen molar-refractivity contribution in [3.63, 3.8) is 0 Å². The van der Waals surface area contributed by atoms with Crippen LogP contribution in [0.3, 0.4) is 0 Å². The van der Waals surface area contributed by atoms with Gasteiger partial charge in [0.25, 0.3) is 0 Å². The van der Waals surface area contributed by atoms with Crippen LogP contribution in [0.2, 0.25) is 0 Å². The van der Waals surface area contributed by atoms with Gasteiger partial charge in [0.15, 0.2) is 0 Å². The van der Waals surface area contributed by atoms with Crippen molar-refractivity contribution < 1.29 is 18.9 Å². The fourth-order valence-corrected chi connectivity index (χ4v) is 1.92. The number of rotatable bonds is 5. The fraction of sp³-hybridized carbons (Fsp3) is 1.00. The minimum atomic E-state index is -0.0232. The predicted octanol–water partition coefficient (Wildman–Crippen LogP) is 0.840. The molecular formula is C10H20O4. The Hall–Kier alpha value is -0.160. The summed E-state index contributed by atoms with van der Waals surface area (Å²) in [6.07, 6.45) is 0.0478. The molecule has 1 saturated heterocycles. The van der Waals surface area contributed by atoms with Crippen molar-refractivity contribution >= 4 is 0 Å². The predicted molar refractivity (Wildman–Crippen MR) is 52.4 cm³/mol. The quantitative estimate of drug-likeness (QED) is 0.665. The van der Waals surface area contributed by atoms with E-state index in [2.05, 4.69) is 0 Å². The second kappa shape index (κ2) is 5.66. The molecule has 1 fully saturated rings. The second-order valence-corrected chi connectivity index (χ2v) is 3.46. The molecular weight excluding hydrogens is 184 g/mol. The molecule has 1 aliphatic heterocycles. The van der Waals surface area contributed by atoms with Crippen LogP contribution in [0.15, 0.2) is 0 Å². The summed E-state index contributed by atoms with van der Waals surface area (Å²) in [6, 6.07) is 0. The first-order chi connectivity index (χ1) is 6.74. The van der Waals surface area contributed by atoms with Gasteiger partial charge in [-0.2, -0.15) is 0 Å². The Morgan fingerprint density at radius 3 is 2.43 bits per heavy atom. The summed E-state index contributed by atoms with van der Waals surface area (Å²) in [7, 11) is 3.34. The monoisotopic (exact) mass is 204 g/mol. The average molecular weight is 204 g/mol. The number of ether oxygens (including phenoxy) is 4. The lowest BCUT2D eigenvalue weighted by Crippen LogP contribution is -2.37. The van der Waals surface area contributed by atoms with Crippen LogP contribution in [0, 0.1) is 0 Å². The highest BCUT2D eigenvalue weighted by Crippen LogP contribution is 2.26. The Labute approximate surface area is 85.5 Å². The lowest BCUT2D eigenvalue weighted by atomic mass is 10.1. The van der Waals surface area contributed by atoms with Crippen molar-refractivity contribution in [2.45, 2.75) is 38.3 Å². The molecule has 0 aromatic rings. The van der Waals surface area contributed by atoms with E-state index in [4.69, 9.17) is 18.9 Å². The highest BCUT2D eigenvalue weighted by molar-refractivity contribution is 4.90. The van der Waals surface area contributed by atoms with E-state index in [0.29, 0.717) is 13.2 Å². The topological polar surface area (TPSA) is 36.9 Å². The zero-order chi connectivity index (χ0) is 10.6. The maximum atomic E-state index is 5.70. The van der Waals surface area contributed by atoms with Gasteiger partial charge in [0, 0.05) is 20.8 Å². The van der Waals surface area contributed by atoms with Gasteiger partial charge in [0.2, 0.25) is 0 Å². The van der Waals surface area contributed by atoms with Gasteiger partial charge in [0.1, 0.15) is 18.3 Å². The summed E-state index contributed by atoms with van der Waals surface area (Å²) in [4.78, 5) is 0. The minimum Gasteiger partial charge on any atom is -0.382 e. The van der Waals surface area contributed by atoms with Gasteiger partial charge in [-0.15, -0.1) is 0 Å². The van der Waals surface area contributed by atoms with Crippen LogP contribution >= 0.6 is 0 Å². The van der Waals surface area contributed by atoms with Gasteiger partial charge in [0.05, 0.1) is 12.7 Å². The molecule has 0 spiro atoms. The normalized spacial score (nSPS) is 37.7. The molecule has 4 nitrogen and oxygen atoms in total. The van der Waals surface area contributed by atoms with Crippen molar-refractivity contribution in [1.29, 1.82) is 0 Å². The van der Waals surface area contributed by atoms with Gasteiger partial charge in [-0.3, -0.25) is 0 Å². The molecule has 4 atom stereocenters. The summed E-state index contributed by atoms with van der Waals surface area (Å²) in [5.41, 5.74) is 0. The summed E-state index contributed by atoms with van der Waals surface area (Å²) >= 11 is 0. The average Bonchev–Trinajstić information content (AvgIpc) is 2.44. The molecule has 1 aliphatic rings. The van der Waals surface area contributed by atoms with E-state index in [9.17, 15) is 0 Å². The zero-order valence-electron chi connectivity index (χ0n) is 9.36. The largest absolute Gasteiger partial charge is 0.382 e. The molecule has 0 unspecified atom stereocenters. The molecule has 1 rings (SSSR count). The molecule has 0 N–H and O–H groups in total. The van der Waals surface area contributed by atoms with Crippen LogP contribution in [-0.4, -0.2) is 51.8 Å². The first-order valence-corrected chi connectivity index (χ1v) is 5.03. The van der Waals surface area contributed by atoms with Crippen LogP contribution < -0.4 is 0 Å². The van der Waals surface area contributed by atoms with E-state index in [-0.39, 0.29) is 24.4 Å². The standard InChI is InChI=1S/C10H20O4/c1-5-13-9-7(2)14-8(6-11-3)10(9)12-4/h7-10H,5-6H2,1-4H3/t7-,8+,9-,10+/m0/s1. The van der Waals surface area contributed by atoms with Crippen LogP contribution in [0.4, 0.5) is 0 Å². The number of methoxy groups -OCH3 is 2. The van der Waals surface area contributed by atoms with Crippen LogP contribution in [0.5, 0.6) is 0 Å². The van der Waals surface area contributed by atoms with Crippen molar-refractivity contribution in [3.8, 4) is 0 Å².